The summed E-state index contributed by atoms with van der Waals surface area (Å²) in [5, 5.41) is 18.3. The van der Waals surface area contributed by atoms with Crippen molar-refractivity contribution >= 4 is 39.5 Å². The van der Waals surface area contributed by atoms with Gasteiger partial charge in [0.25, 0.3) is 5.91 Å². The molecule has 2 atom stereocenters. The monoisotopic (exact) mass is 547 g/mol. The number of ether oxygens (including phenoxy) is 2. The second-order valence-electron chi connectivity index (χ2n) is 10.1. The van der Waals surface area contributed by atoms with E-state index < -0.39 is 6.09 Å². The Hall–Kier alpha value is -4.45. The molecular formula is C28H33N7O5. The molecule has 0 bridgehead atoms. The van der Waals surface area contributed by atoms with Crippen molar-refractivity contribution in [2.45, 2.75) is 32.9 Å². The molecule has 3 heterocycles. The first-order valence-electron chi connectivity index (χ1n) is 13.0. The highest BCUT2D eigenvalue weighted by atomic mass is 16.7. The molecule has 1 aliphatic heterocycles. The average molecular weight is 548 g/mol. The number of aryl methyl sites for hydroxylation is 2. The van der Waals surface area contributed by atoms with E-state index in [1.54, 1.807) is 18.8 Å². The van der Waals surface area contributed by atoms with Crippen LogP contribution >= 0.6 is 0 Å². The van der Waals surface area contributed by atoms with E-state index in [1.807, 2.05) is 58.3 Å². The van der Waals surface area contributed by atoms with Crippen LogP contribution in [0.15, 0.2) is 30.5 Å². The zero-order valence-corrected chi connectivity index (χ0v) is 23.4. The number of carbonyl (C=O) groups excluding carboxylic acids is 1. The van der Waals surface area contributed by atoms with E-state index in [1.165, 1.54) is 4.90 Å². The summed E-state index contributed by atoms with van der Waals surface area (Å²) in [6.07, 6.45) is 0.986. The van der Waals surface area contributed by atoms with E-state index in [9.17, 15) is 14.7 Å². The molecule has 2 amide bonds. The normalized spacial score (nSPS) is 17.4. The maximum Gasteiger partial charge on any atom is 0.407 e. The number of fused-ring (bicyclic) bond motifs is 2. The third-order valence-electron chi connectivity index (χ3n) is 7.29. The number of methoxy groups -OCH3 is 1. The number of hydrogen-bond donors (Lipinski definition) is 2. The van der Waals surface area contributed by atoms with Gasteiger partial charge in [-0.25, -0.2) is 14.8 Å². The van der Waals surface area contributed by atoms with Gasteiger partial charge in [-0.1, -0.05) is 0 Å². The number of anilines is 1. The van der Waals surface area contributed by atoms with E-state index in [0.717, 1.165) is 22.2 Å². The molecular weight excluding hydrogens is 514 g/mol. The van der Waals surface area contributed by atoms with Crippen LogP contribution in [0, 0.1) is 6.92 Å². The molecule has 5 rings (SSSR count). The van der Waals surface area contributed by atoms with Gasteiger partial charge in [-0.2, -0.15) is 5.10 Å². The Bertz CT molecular complexity index is 1610. The molecule has 12 heteroatoms. The van der Waals surface area contributed by atoms with Crippen molar-refractivity contribution in [1.29, 1.82) is 0 Å². The van der Waals surface area contributed by atoms with E-state index in [0.29, 0.717) is 41.1 Å². The molecule has 210 valence electrons. The Morgan fingerprint density at radius 3 is 2.52 bits per heavy atom. The highest BCUT2D eigenvalue weighted by Crippen LogP contribution is 2.38. The van der Waals surface area contributed by atoms with Gasteiger partial charge < -0.3 is 24.8 Å². The van der Waals surface area contributed by atoms with Crippen molar-refractivity contribution in [1.82, 2.24) is 30.0 Å². The quantitative estimate of drug-likeness (QED) is 0.348. The van der Waals surface area contributed by atoms with Crippen LogP contribution in [0.3, 0.4) is 0 Å². The molecule has 1 aliphatic rings. The van der Waals surface area contributed by atoms with Crippen LogP contribution in [0.5, 0.6) is 5.75 Å². The van der Waals surface area contributed by atoms with Crippen molar-refractivity contribution in [3.05, 3.63) is 41.7 Å². The van der Waals surface area contributed by atoms with Crippen molar-refractivity contribution in [3.8, 4) is 17.1 Å². The lowest BCUT2D eigenvalue weighted by molar-refractivity contribution is 0.0511. The predicted molar refractivity (Wildman–Crippen MR) is 151 cm³/mol. The minimum atomic E-state index is -0.922. The number of piperazine rings is 1. The number of carboxylic acid groups (broad SMARTS) is 1. The molecule has 1 saturated heterocycles. The summed E-state index contributed by atoms with van der Waals surface area (Å²) in [6, 6.07) is 7.24. The minimum Gasteiger partial charge on any atom is -0.466 e. The van der Waals surface area contributed by atoms with Crippen LogP contribution in [-0.2, 0) is 11.8 Å². The molecule has 4 aromatic rings. The number of hydrogen-bond acceptors (Lipinski definition) is 8. The van der Waals surface area contributed by atoms with Crippen LogP contribution in [0.4, 0.5) is 10.5 Å². The van der Waals surface area contributed by atoms with Crippen LogP contribution < -0.4 is 15.0 Å². The molecule has 12 nitrogen and oxygen atoms in total. The molecule has 2 aromatic carbocycles. The number of benzene rings is 2. The van der Waals surface area contributed by atoms with Crippen LogP contribution in [0.25, 0.3) is 33.2 Å². The summed E-state index contributed by atoms with van der Waals surface area (Å²) >= 11 is 0. The van der Waals surface area contributed by atoms with Crippen molar-refractivity contribution in [2.24, 2.45) is 7.05 Å². The molecule has 0 saturated carbocycles. The maximum absolute atomic E-state index is 13.1. The molecule has 0 aliphatic carbocycles. The standard InChI is InChI=1S/C28H33N7O5/c1-15-11-34(12-16(2)35(15)28(37)38)19-7-8-22-20(10-19)24(27(36)29-4)31-26(30-22)21-9-18-13-33(5)32-23(18)17(3)25(21)40-14-39-6/h7-10,13,15-16H,11-12,14H2,1-6H3,(H,29,36)(H,37,38)/t15-,16-/m1/s1. The summed E-state index contributed by atoms with van der Waals surface area (Å²) in [7, 11) is 4.96. The van der Waals surface area contributed by atoms with Crippen LogP contribution in [-0.4, -0.2) is 87.9 Å². The number of nitrogens with one attached hydrogen (secondary N) is 1. The third kappa shape index (κ3) is 4.75. The fourth-order valence-electron chi connectivity index (χ4n) is 5.54. The van der Waals surface area contributed by atoms with Crippen molar-refractivity contribution in [3.63, 3.8) is 0 Å². The van der Waals surface area contributed by atoms with Crippen molar-refractivity contribution < 1.29 is 24.2 Å². The SMILES string of the molecule is CNC(=O)c1nc(-c2cc3cn(C)nc3c(C)c2OCOC)nc2ccc(N3C[C@@H](C)N(C(=O)O)[C@H](C)C3)cc12. The lowest BCUT2D eigenvalue weighted by Crippen LogP contribution is -2.58. The Morgan fingerprint density at radius 1 is 1.15 bits per heavy atom. The zero-order valence-electron chi connectivity index (χ0n) is 23.4. The van der Waals surface area contributed by atoms with E-state index in [2.05, 4.69) is 15.3 Å². The maximum atomic E-state index is 13.1. The van der Waals surface area contributed by atoms with Gasteiger partial charge in [-0.05, 0) is 45.0 Å². The van der Waals surface area contributed by atoms with E-state index >= 15 is 0 Å². The second kappa shape index (κ2) is 10.6. The summed E-state index contributed by atoms with van der Waals surface area (Å²) in [5.41, 5.74) is 3.93. The molecule has 1 fully saturated rings. The Balaban J connectivity index is 1.64. The minimum absolute atomic E-state index is 0.0252. The summed E-state index contributed by atoms with van der Waals surface area (Å²) in [6.45, 7) is 6.79. The van der Waals surface area contributed by atoms with Gasteiger partial charge in [0.05, 0.1) is 28.7 Å². The van der Waals surface area contributed by atoms with Gasteiger partial charge in [0.1, 0.15) is 11.4 Å². The second-order valence-corrected chi connectivity index (χ2v) is 10.1. The van der Waals surface area contributed by atoms with Gasteiger partial charge in [0, 0.05) is 62.5 Å². The molecule has 0 radical (unpaired) electrons. The smallest absolute Gasteiger partial charge is 0.407 e. The predicted octanol–water partition coefficient (Wildman–Crippen LogP) is 3.41. The van der Waals surface area contributed by atoms with Crippen molar-refractivity contribution in [2.75, 3.05) is 38.9 Å². The van der Waals surface area contributed by atoms with Gasteiger partial charge in [-0.3, -0.25) is 14.4 Å². The molecule has 0 unspecified atom stereocenters. The zero-order chi connectivity index (χ0) is 28.7. The summed E-state index contributed by atoms with van der Waals surface area (Å²) in [4.78, 5) is 38.0. The number of rotatable bonds is 6. The highest BCUT2D eigenvalue weighted by Gasteiger charge is 2.33. The molecule has 40 heavy (non-hydrogen) atoms. The lowest BCUT2D eigenvalue weighted by Gasteiger charge is -2.44. The Morgan fingerprint density at radius 2 is 1.88 bits per heavy atom. The Kier molecular flexibility index (Phi) is 7.19. The molecule has 0 spiro atoms. The lowest BCUT2D eigenvalue weighted by atomic mass is 10.0. The number of amides is 2. The number of nitrogens with zero attached hydrogens (tertiary/aromatic N) is 6. The number of aromatic nitrogens is 4. The first kappa shape index (κ1) is 27.1. The third-order valence-corrected chi connectivity index (χ3v) is 7.29. The van der Waals surface area contributed by atoms with E-state index in [-0.39, 0.29) is 30.5 Å². The first-order valence-corrected chi connectivity index (χ1v) is 13.0. The Labute approximate surface area is 231 Å². The first-order chi connectivity index (χ1) is 19.1. The number of carbonyl (C=O) groups is 2. The van der Waals surface area contributed by atoms with Crippen LogP contribution in [0.1, 0.15) is 29.9 Å². The van der Waals surface area contributed by atoms with Gasteiger partial charge in [0.2, 0.25) is 0 Å². The fraction of sp³-hybridized carbons (Fsp3) is 0.393. The molecule has 2 N–H and O–H groups in total. The average Bonchev–Trinajstić information content (AvgIpc) is 3.31. The molecule has 2 aromatic heterocycles. The van der Waals surface area contributed by atoms with Gasteiger partial charge in [0.15, 0.2) is 12.6 Å². The summed E-state index contributed by atoms with van der Waals surface area (Å²) in [5.74, 6) is 0.532. The summed E-state index contributed by atoms with van der Waals surface area (Å²) < 4.78 is 12.9. The van der Waals surface area contributed by atoms with E-state index in [4.69, 9.17) is 19.4 Å². The largest absolute Gasteiger partial charge is 0.466 e. The van der Waals surface area contributed by atoms with Gasteiger partial charge >= 0.3 is 6.09 Å². The fourth-order valence-corrected chi connectivity index (χ4v) is 5.54. The van der Waals surface area contributed by atoms with Gasteiger partial charge in [-0.15, -0.1) is 0 Å². The highest BCUT2D eigenvalue weighted by molar-refractivity contribution is 6.06. The van der Waals surface area contributed by atoms with Crippen LogP contribution in [0.2, 0.25) is 0 Å². The topological polar surface area (TPSA) is 135 Å².